The van der Waals surface area contributed by atoms with E-state index in [4.69, 9.17) is 4.74 Å². The van der Waals surface area contributed by atoms with Crippen LogP contribution in [0.15, 0.2) is 40.7 Å². The molecule has 0 spiro atoms. The van der Waals surface area contributed by atoms with Crippen LogP contribution < -0.4 is 10.6 Å². The van der Waals surface area contributed by atoms with Crippen molar-refractivity contribution in [3.63, 3.8) is 0 Å². The molecule has 2 heterocycles. The van der Waals surface area contributed by atoms with E-state index >= 15 is 0 Å². The number of aliphatic imine (C=N–C) groups is 1. The number of guanidine groups is 1. The van der Waals surface area contributed by atoms with Gasteiger partial charge in [-0.05, 0) is 30.0 Å². The van der Waals surface area contributed by atoms with Gasteiger partial charge < -0.3 is 15.4 Å². The molecular weight excluding hydrogens is 394 g/mol. The quantitative estimate of drug-likeness (QED) is 0.557. The lowest BCUT2D eigenvalue weighted by molar-refractivity contribution is 0.0177. The highest BCUT2D eigenvalue weighted by molar-refractivity contribution is 7.10. The molecule has 156 valence electrons. The lowest BCUT2D eigenvalue weighted by Gasteiger charge is -2.34. The Morgan fingerprint density at radius 1 is 1.24 bits per heavy atom. The van der Waals surface area contributed by atoms with E-state index in [1.54, 1.807) is 18.4 Å². The standard InChI is InChI=1S/C21H26F2N4OS/c1-24-21(26-17-12-14(17)20-15(22)4-2-5-16(20)23)25-13-18(19-6-3-11-29-19)27-7-9-28-10-8-27/h2-6,11,14,17-18H,7-10,12-13H2,1H3,(H2,24,25,26). The van der Waals surface area contributed by atoms with Crippen LogP contribution in [0.4, 0.5) is 8.78 Å². The first-order chi connectivity index (χ1) is 14.2. The van der Waals surface area contributed by atoms with Crippen molar-refractivity contribution in [3.05, 3.63) is 57.8 Å². The highest BCUT2D eigenvalue weighted by atomic mass is 32.1. The highest BCUT2D eigenvalue weighted by Gasteiger charge is 2.42. The van der Waals surface area contributed by atoms with Crippen molar-refractivity contribution >= 4 is 17.3 Å². The van der Waals surface area contributed by atoms with Crippen LogP contribution in [0, 0.1) is 11.6 Å². The number of halogens is 2. The Hall–Kier alpha value is -2.03. The molecule has 4 rings (SSSR count). The first-order valence-corrected chi connectivity index (χ1v) is 10.8. The fourth-order valence-electron chi connectivity index (χ4n) is 3.88. The number of benzene rings is 1. The van der Waals surface area contributed by atoms with E-state index < -0.39 is 11.6 Å². The minimum Gasteiger partial charge on any atom is -0.379 e. The first kappa shape index (κ1) is 20.3. The maximum absolute atomic E-state index is 14.0. The molecule has 1 saturated carbocycles. The van der Waals surface area contributed by atoms with Crippen LogP contribution >= 0.6 is 11.3 Å². The van der Waals surface area contributed by atoms with E-state index in [0.29, 0.717) is 18.9 Å². The van der Waals surface area contributed by atoms with Gasteiger partial charge in [0.15, 0.2) is 5.96 Å². The fraction of sp³-hybridized carbons (Fsp3) is 0.476. The molecule has 2 N–H and O–H groups in total. The van der Waals surface area contributed by atoms with Gasteiger partial charge in [0.25, 0.3) is 0 Å². The van der Waals surface area contributed by atoms with Crippen molar-refractivity contribution in [3.8, 4) is 0 Å². The second-order valence-electron chi connectivity index (χ2n) is 7.36. The van der Waals surface area contributed by atoms with Crippen LogP contribution in [-0.2, 0) is 4.74 Å². The molecule has 2 aromatic rings. The number of rotatable bonds is 6. The van der Waals surface area contributed by atoms with E-state index in [-0.39, 0.29) is 23.6 Å². The summed E-state index contributed by atoms with van der Waals surface area (Å²) in [6.07, 6.45) is 0.691. The summed E-state index contributed by atoms with van der Waals surface area (Å²) in [7, 11) is 1.71. The minimum atomic E-state index is -0.479. The Labute approximate surface area is 173 Å². The maximum Gasteiger partial charge on any atom is 0.191 e. The third-order valence-corrected chi connectivity index (χ3v) is 6.50. The van der Waals surface area contributed by atoms with Crippen LogP contribution in [0.2, 0.25) is 0 Å². The van der Waals surface area contributed by atoms with Crippen LogP contribution in [0.5, 0.6) is 0 Å². The number of nitrogens with zero attached hydrogens (tertiary/aromatic N) is 2. The Morgan fingerprint density at radius 3 is 2.66 bits per heavy atom. The van der Waals surface area contributed by atoms with Crippen LogP contribution in [-0.4, -0.2) is 56.8 Å². The number of morpholine rings is 1. The second-order valence-corrected chi connectivity index (χ2v) is 8.34. The fourth-order valence-corrected chi connectivity index (χ4v) is 4.74. The molecule has 0 amide bonds. The number of hydrogen-bond acceptors (Lipinski definition) is 4. The topological polar surface area (TPSA) is 48.9 Å². The van der Waals surface area contributed by atoms with Crippen molar-refractivity contribution in [1.29, 1.82) is 0 Å². The predicted octanol–water partition coefficient (Wildman–Crippen LogP) is 3.12. The van der Waals surface area contributed by atoms with Gasteiger partial charge in [0, 0.05) is 49.1 Å². The average molecular weight is 421 g/mol. The molecule has 0 radical (unpaired) electrons. The highest BCUT2D eigenvalue weighted by Crippen LogP contribution is 2.43. The first-order valence-electron chi connectivity index (χ1n) is 9.93. The van der Waals surface area contributed by atoms with Crippen molar-refractivity contribution in [2.45, 2.75) is 24.4 Å². The summed E-state index contributed by atoms with van der Waals surface area (Å²) in [6.45, 7) is 3.98. The SMILES string of the molecule is CN=C(NCC(c1cccs1)N1CCOCC1)NC1CC1c1c(F)cccc1F. The molecule has 0 bridgehead atoms. The van der Waals surface area contributed by atoms with Gasteiger partial charge in [-0.25, -0.2) is 8.78 Å². The van der Waals surface area contributed by atoms with E-state index in [1.807, 2.05) is 0 Å². The summed E-state index contributed by atoms with van der Waals surface area (Å²) in [5, 5.41) is 8.81. The summed E-state index contributed by atoms with van der Waals surface area (Å²) in [5.74, 6) is -0.467. The lowest BCUT2D eigenvalue weighted by atomic mass is 10.1. The Kier molecular flexibility index (Phi) is 6.42. The van der Waals surface area contributed by atoms with Crippen molar-refractivity contribution in [2.24, 2.45) is 4.99 Å². The molecule has 1 aromatic heterocycles. The Morgan fingerprint density at radius 2 is 2.00 bits per heavy atom. The third-order valence-electron chi connectivity index (χ3n) is 5.53. The van der Waals surface area contributed by atoms with E-state index in [0.717, 1.165) is 26.3 Å². The molecular formula is C21H26F2N4OS. The van der Waals surface area contributed by atoms with Crippen LogP contribution in [0.1, 0.15) is 28.8 Å². The van der Waals surface area contributed by atoms with Crippen molar-refractivity contribution in [1.82, 2.24) is 15.5 Å². The number of nitrogens with one attached hydrogen (secondary N) is 2. The van der Waals surface area contributed by atoms with E-state index in [2.05, 4.69) is 38.0 Å². The Balaban J connectivity index is 1.36. The summed E-state index contributed by atoms with van der Waals surface area (Å²) < 4.78 is 33.5. The number of hydrogen-bond donors (Lipinski definition) is 2. The van der Waals surface area contributed by atoms with Gasteiger partial charge in [0.05, 0.1) is 19.3 Å². The molecule has 29 heavy (non-hydrogen) atoms. The molecule has 5 nitrogen and oxygen atoms in total. The van der Waals surface area contributed by atoms with Gasteiger partial charge in [-0.2, -0.15) is 0 Å². The Bertz CT molecular complexity index is 819. The molecule has 1 aliphatic heterocycles. The zero-order valence-electron chi connectivity index (χ0n) is 16.4. The van der Waals surface area contributed by atoms with Gasteiger partial charge in [-0.15, -0.1) is 11.3 Å². The monoisotopic (exact) mass is 420 g/mol. The second kappa shape index (κ2) is 9.19. The third kappa shape index (κ3) is 4.76. The van der Waals surface area contributed by atoms with Crippen molar-refractivity contribution in [2.75, 3.05) is 39.9 Å². The van der Waals surface area contributed by atoms with Gasteiger partial charge >= 0.3 is 0 Å². The smallest absolute Gasteiger partial charge is 0.191 e. The summed E-state index contributed by atoms with van der Waals surface area (Å²) in [6, 6.07) is 8.46. The molecule has 1 aromatic carbocycles. The summed E-state index contributed by atoms with van der Waals surface area (Å²) >= 11 is 1.74. The van der Waals surface area contributed by atoms with Gasteiger partial charge in [-0.1, -0.05) is 12.1 Å². The van der Waals surface area contributed by atoms with Crippen LogP contribution in [0.3, 0.4) is 0 Å². The molecule has 2 fully saturated rings. The average Bonchev–Trinajstić information content (AvgIpc) is 3.25. The summed E-state index contributed by atoms with van der Waals surface area (Å²) in [5.41, 5.74) is 0.172. The van der Waals surface area contributed by atoms with Crippen LogP contribution in [0.25, 0.3) is 0 Å². The largest absolute Gasteiger partial charge is 0.379 e. The zero-order chi connectivity index (χ0) is 20.2. The normalized spacial score (nSPS) is 23.6. The summed E-state index contributed by atoms with van der Waals surface area (Å²) in [4.78, 5) is 8.03. The van der Waals surface area contributed by atoms with Gasteiger partial charge in [-0.3, -0.25) is 9.89 Å². The number of thiophene rings is 1. The minimum absolute atomic E-state index is 0.0174. The zero-order valence-corrected chi connectivity index (χ0v) is 17.2. The van der Waals surface area contributed by atoms with Crippen molar-refractivity contribution < 1.29 is 13.5 Å². The van der Waals surface area contributed by atoms with Gasteiger partial charge in [0.1, 0.15) is 11.6 Å². The number of ether oxygens (including phenoxy) is 1. The maximum atomic E-state index is 14.0. The van der Waals surface area contributed by atoms with E-state index in [1.165, 1.54) is 23.1 Å². The predicted molar refractivity (Wildman–Crippen MR) is 111 cm³/mol. The molecule has 1 saturated heterocycles. The molecule has 3 unspecified atom stereocenters. The molecule has 2 aliphatic rings. The lowest BCUT2D eigenvalue weighted by Crippen LogP contribution is -2.46. The van der Waals surface area contributed by atoms with Gasteiger partial charge in [0.2, 0.25) is 0 Å². The van der Waals surface area contributed by atoms with E-state index in [9.17, 15) is 8.78 Å². The molecule has 3 atom stereocenters. The molecule has 8 heteroatoms. The molecule has 1 aliphatic carbocycles.